The van der Waals surface area contributed by atoms with Crippen molar-refractivity contribution < 1.29 is 68.7 Å². The van der Waals surface area contributed by atoms with E-state index in [1.54, 1.807) is 45.2 Å². The van der Waals surface area contributed by atoms with Gasteiger partial charge in [-0.2, -0.15) is 0 Å². The second-order valence-electron chi connectivity index (χ2n) is 13.2. The van der Waals surface area contributed by atoms with Gasteiger partial charge in [0.1, 0.15) is 16.9 Å². The summed E-state index contributed by atoms with van der Waals surface area (Å²) >= 11 is 0. The molecule has 0 aliphatic carbocycles. The Kier molecular flexibility index (Phi) is 23.6. The van der Waals surface area contributed by atoms with Gasteiger partial charge < -0.3 is 43.5 Å². The normalized spacial score (nSPS) is 9.58. The minimum absolute atomic E-state index is 0. The summed E-state index contributed by atoms with van der Waals surface area (Å²) in [6.45, 7) is 3.98. The van der Waals surface area contributed by atoms with Crippen LogP contribution < -0.4 is 9.47 Å². The molecule has 0 spiro atoms. The Morgan fingerprint density at radius 2 is 0.955 bits per heavy atom. The molecule has 12 heteroatoms. The molecule has 0 unspecified atom stereocenters. The Balaban J connectivity index is 0.000000227. The number of methoxy groups -OCH3 is 2. The molecule has 0 aliphatic heterocycles. The fourth-order valence-corrected chi connectivity index (χ4v) is 6.16. The van der Waals surface area contributed by atoms with Crippen LogP contribution in [0.4, 0.5) is 0 Å². The Bertz CT molecular complexity index is 2680. The van der Waals surface area contributed by atoms with E-state index in [9.17, 15) is 0 Å². The third kappa shape index (κ3) is 15.2. The van der Waals surface area contributed by atoms with Crippen LogP contribution >= 0.6 is 0 Å². The number of fused-ring (bicyclic) bond motifs is 2. The molecule has 10 nitrogen and oxygen atoms in total. The Morgan fingerprint density at radius 1 is 0.470 bits per heavy atom. The fraction of sp³-hybridized carbons (Fsp3) is 0.111. The van der Waals surface area contributed by atoms with Crippen LogP contribution in [-0.4, -0.2) is 58.6 Å². The molecule has 6 aromatic heterocycles. The van der Waals surface area contributed by atoms with Crippen molar-refractivity contribution in [1.82, 2.24) is 19.9 Å². The van der Waals surface area contributed by atoms with Crippen molar-refractivity contribution in [2.45, 2.75) is 13.8 Å². The maximum Gasteiger partial charge on any atom is 0.137 e. The SMILES string of the molecule is CO.CO.COc1c[c-]c(-c2nccc3occc23)cc1.COc1ccc(-c2nccc3occc23)cc1.Cc1cccc(-c2[c-]cccc2)n1.Cc1cccc(-c2[c-]cccc2)n1.[Ir].[Ir]. The minimum atomic E-state index is 0. The number of nitrogens with zero attached hydrogens (tertiary/aromatic N) is 4. The van der Waals surface area contributed by atoms with Crippen LogP contribution in [0.5, 0.6) is 11.5 Å². The summed E-state index contributed by atoms with van der Waals surface area (Å²) in [5, 5.41) is 16.0. The molecule has 2 radical (unpaired) electrons. The molecule has 0 atom stereocenters. The van der Waals surface area contributed by atoms with E-state index in [-0.39, 0.29) is 40.2 Å². The number of rotatable bonds is 6. The van der Waals surface area contributed by atoms with Crippen LogP contribution in [0.25, 0.3) is 67.0 Å². The predicted octanol–water partition coefficient (Wildman–Crippen LogP) is 11.7. The van der Waals surface area contributed by atoms with E-state index >= 15 is 0 Å². The third-order valence-electron chi connectivity index (χ3n) is 9.14. The molecule has 0 amide bonds. The Morgan fingerprint density at radius 3 is 1.39 bits per heavy atom. The number of aromatic nitrogens is 4. The van der Waals surface area contributed by atoms with E-state index in [0.29, 0.717) is 0 Å². The van der Waals surface area contributed by atoms with Crippen molar-refractivity contribution >= 4 is 21.9 Å². The van der Waals surface area contributed by atoms with Crippen LogP contribution in [0.1, 0.15) is 11.4 Å². The summed E-state index contributed by atoms with van der Waals surface area (Å²) in [5.41, 5.74) is 11.6. The minimum Gasteiger partial charge on any atom is -0.540 e. The molecule has 6 heterocycles. The topological polar surface area (TPSA) is 137 Å². The first kappa shape index (κ1) is 53.7. The molecule has 0 saturated heterocycles. The molecule has 0 fully saturated rings. The van der Waals surface area contributed by atoms with Gasteiger partial charge in [0.2, 0.25) is 0 Å². The molecule has 4 aromatic carbocycles. The molecule has 10 aromatic rings. The van der Waals surface area contributed by atoms with Crippen LogP contribution in [-0.2, 0) is 40.2 Å². The molecular formula is C54H49Ir2N4O6-3. The van der Waals surface area contributed by atoms with Gasteiger partial charge in [-0.25, -0.2) is 0 Å². The van der Waals surface area contributed by atoms with Gasteiger partial charge in [-0.3, -0.25) is 4.98 Å². The van der Waals surface area contributed by atoms with Gasteiger partial charge >= 0.3 is 0 Å². The summed E-state index contributed by atoms with van der Waals surface area (Å²) < 4.78 is 21.0. The summed E-state index contributed by atoms with van der Waals surface area (Å²) in [6, 6.07) is 58.2. The first-order valence-corrected chi connectivity index (χ1v) is 20.0. The number of pyridine rings is 4. The van der Waals surface area contributed by atoms with E-state index in [1.807, 2.05) is 159 Å². The fourth-order valence-electron chi connectivity index (χ4n) is 6.16. The number of benzene rings is 4. The number of ether oxygens (including phenoxy) is 2. The number of aliphatic hydroxyl groups is 2. The monoisotopic (exact) mass is 1240 g/mol. The molecule has 342 valence electrons. The summed E-state index contributed by atoms with van der Waals surface area (Å²) in [6.07, 6.45) is 6.84. The number of aryl methyl sites for hydroxylation is 2. The quantitative estimate of drug-likeness (QED) is 0.155. The second kappa shape index (κ2) is 29.0. The predicted molar refractivity (Wildman–Crippen MR) is 254 cm³/mol. The number of furan rings is 2. The van der Waals surface area contributed by atoms with E-state index < -0.39 is 0 Å². The van der Waals surface area contributed by atoms with Crippen LogP contribution in [0.3, 0.4) is 0 Å². The van der Waals surface area contributed by atoms with Crippen molar-refractivity contribution in [2.24, 2.45) is 0 Å². The number of hydrogen-bond acceptors (Lipinski definition) is 10. The van der Waals surface area contributed by atoms with Crippen molar-refractivity contribution in [3.63, 3.8) is 0 Å². The molecule has 0 saturated carbocycles. The molecule has 0 bridgehead atoms. The molecule has 66 heavy (non-hydrogen) atoms. The zero-order valence-electron chi connectivity index (χ0n) is 37.2. The zero-order valence-corrected chi connectivity index (χ0v) is 42.0. The largest absolute Gasteiger partial charge is 0.540 e. The standard InChI is InChI=1S/C14H11NO2.C14H10NO2.2C12H10N.2CH4O.2Ir/c2*1-16-11-4-2-10(3-5-11)14-12-7-9-17-13(12)6-8-15-14;2*1-10-6-5-9-12(13-10)11-7-3-2-4-8-11;2*1-2;;/h2-9H,1H3;2,4-9H,1H3;2*2-7,9H,1H3;2*2H,1H3;;/q;3*-1;;;;. The van der Waals surface area contributed by atoms with Crippen molar-refractivity contribution in [3.8, 4) is 56.5 Å². The average Bonchev–Trinajstić information content (AvgIpc) is 4.08. The number of aliphatic hydroxyl groups excluding tert-OH is 2. The maximum absolute atomic E-state index is 7.00. The van der Waals surface area contributed by atoms with Gasteiger partial charge in [-0.15, -0.1) is 102 Å². The van der Waals surface area contributed by atoms with Gasteiger partial charge in [0, 0.05) is 100 Å². The van der Waals surface area contributed by atoms with Gasteiger partial charge in [0.15, 0.2) is 0 Å². The molecular weight excluding hydrogens is 1190 g/mol. The molecule has 2 N–H and O–H groups in total. The zero-order chi connectivity index (χ0) is 45.5. The molecule has 0 aliphatic rings. The summed E-state index contributed by atoms with van der Waals surface area (Å²) in [7, 11) is 5.29. The second-order valence-corrected chi connectivity index (χ2v) is 13.2. The average molecular weight is 1230 g/mol. The van der Waals surface area contributed by atoms with Crippen LogP contribution in [0.2, 0.25) is 0 Å². The Labute approximate surface area is 413 Å². The van der Waals surface area contributed by atoms with Gasteiger partial charge in [-0.05, 0) is 91.6 Å². The van der Waals surface area contributed by atoms with Gasteiger partial charge in [-0.1, -0.05) is 24.3 Å². The summed E-state index contributed by atoms with van der Waals surface area (Å²) in [4.78, 5) is 17.6. The van der Waals surface area contributed by atoms with Crippen molar-refractivity contribution in [2.75, 3.05) is 28.4 Å². The van der Waals surface area contributed by atoms with Gasteiger partial charge in [0.05, 0.1) is 32.4 Å². The van der Waals surface area contributed by atoms with E-state index in [0.717, 1.165) is 104 Å². The van der Waals surface area contributed by atoms with Crippen molar-refractivity contribution in [3.05, 3.63) is 206 Å². The number of hydrogen-bond donors (Lipinski definition) is 2. The molecule has 10 rings (SSSR count). The van der Waals surface area contributed by atoms with E-state index in [2.05, 4.69) is 38.1 Å². The smallest absolute Gasteiger partial charge is 0.137 e. The first-order valence-electron chi connectivity index (χ1n) is 20.0. The maximum atomic E-state index is 7.00. The van der Waals surface area contributed by atoms with E-state index in [1.165, 1.54) is 0 Å². The van der Waals surface area contributed by atoms with E-state index in [4.69, 9.17) is 28.5 Å². The van der Waals surface area contributed by atoms with Gasteiger partial charge in [0.25, 0.3) is 0 Å². The van der Waals surface area contributed by atoms with Crippen LogP contribution in [0, 0.1) is 32.0 Å². The summed E-state index contributed by atoms with van der Waals surface area (Å²) in [5.74, 6) is 1.63. The van der Waals surface area contributed by atoms with Crippen molar-refractivity contribution in [1.29, 1.82) is 0 Å². The third-order valence-corrected chi connectivity index (χ3v) is 9.14. The Hall–Kier alpha value is -6.62. The first-order chi connectivity index (χ1) is 31.5. The van der Waals surface area contributed by atoms with Crippen LogP contribution in [0.15, 0.2) is 185 Å².